The summed E-state index contributed by atoms with van der Waals surface area (Å²) in [6.07, 6.45) is 0. The van der Waals surface area contributed by atoms with Crippen LogP contribution in [0.5, 0.6) is 5.75 Å². The summed E-state index contributed by atoms with van der Waals surface area (Å²) in [5.41, 5.74) is 0.695. The van der Waals surface area contributed by atoms with Crippen molar-refractivity contribution in [3.63, 3.8) is 0 Å². The minimum absolute atomic E-state index is 0.0718. The van der Waals surface area contributed by atoms with Gasteiger partial charge in [-0.3, -0.25) is 4.79 Å². The molecule has 0 saturated carbocycles. The van der Waals surface area contributed by atoms with Crippen LogP contribution in [0.1, 0.15) is 23.0 Å². The summed E-state index contributed by atoms with van der Waals surface area (Å²) in [4.78, 5) is 25.1. The van der Waals surface area contributed by atoms with Gasteiger partial charge in [0.25, 0.3) is 5.56 Å². The first-order valence-corrected chi connectivity index (χ1v) is 8.56. The van der Waals surface area contributed by atoms with E-state index in [9.17, 15) is 9.59 Å². The van der Waals surface area contributed by atoms with Crippen molar-refractivity contribution < 1.29 is 14.3 Å². The van der Waals surface area contributed by atoms with Gasteiger partial charge in [-0.25, -0.2) is 4.79 Å². The molecule has 0 aliphatic heterocycles. The van der Waals surface area contributed by atoms with Crippen LogP contribution in [-0.4, -0.2) is 17.1 Å². The molecule has 0 N–H and O–H groups in total. The van der Waals surface area contributed by atoms with E-state index in [-0.39, 0.29) is 30.2 Å². The highest BCUT2D eigenvalue weighted by Gasteiger charge is 2.23. The summed E-state index contributed by atoms with van der Waals surface area (Å²) in [6, 6.07) is 14.4. The Bertz CT molecular complexity index is 1010. The van der Waals surface area contributed by atoms with Gasteiger partial charge < -0.3 is 14.0 Å². The predicted molar refractivity (Wildman–Crippen MR) is 101 cm³/mol. The van der Waals surface area contributed by atoms with Gasteiger partial charge >= 0.3 is 5.97 Å². The van der Waals surface area contributed by atoms with Crippen molar-refractivity contribution in [2.75, 3.05) is 6.61 Å². The van der Waals surface area contributed by atoms with Crippen molar-refractivity contribution in [2.45, 2.75) is 13.5 Å². The molecular formula is C20H18ClNO4. The van der Waals surface area contributed by atoms with Crippen molar-refractivity contribution in [3.05, 3.63) is 75.2 Å². The first-order chi connectivity index (χ1) is 12.5. The van der Waals surface area contributed by atoms with Gasteiger partial charge in [-0.2, -0.15) is 0 Å². The van der Waals surface area contributed by atoms with Crippen LogP contribution < -0.4 is 10.3 Å². The molecule has 1 aromatic heterocycles. The van der Waals surface area contributed by atoms with Crippen molar-refractivity contribution >= 4 is 28.3 Å². The Morgan fingerprint density at radius 3 is 2.54 bits per heavy atom. The second-order valence-electron chi connectivity index (χ2n) is 5.73. The maximum atomic E-state index is 12.7. The van der Waals surface area contributed by atoms with Crippen LogP contribution in [0.25, 0.3) is 10.8 Å². The molecule has 0 saturated heterocycles. The standard InChI is InChI=1S/C20H18ClNO4/c1-3-25-20(24)17-18(26-12-13-7-5-4-6-8-13)16-11-14(21)9-10-15(16)19(23)22(17)2/h4-11H,3,12H2,1-2H3. The number of pyridine rings is 1. The Kier molecular flexibility index (Phi) is 5.28. The lowest BCUT2D eigenvalue weighted by molar-refractivity contribution is 0.0508. The second-order valence-corrected chi connectivity index (χ2v) is 6.16. The lowest BCUT2D eigenvalue weighted by Crippen LogP contribution is -2.26. The van der Waals surface area contributed by atoms with Gasteiger partial charge in [0, 0.05) is 17.5 Å². The van der Waals surface area contributed by atoms with E-state index in [1.165, 1.54) is 11.6 Å². The van der Waals surface area contributed by atoms with Gasteiger partial charge in [-0.1, -0.05) is 41.9 Å². The lowest BCUT2D eigenvalue weighted by Gasteiger charge is -2.17. The fourth-order valence-corrected chi connectivity index (χ4v) is 2.93. The monoisotopic (exact) mass is 371 g/mol. The van der Waals surface area contributed by atoms with Gasteiger partial charge in [-0.05, 0) is 30.7 Å². The second kappa shape index (κ2) is 7.62. The van der Waals surface area contributed by atoms with E-state index < -0.39 is 5.97 Å². The Morgan fingerprint density at radius 2 is 1.85 bits per heavy atom. The Labute approximate surface area is 155 Å². The molecule has 134 valence electrons. The highest BCUT2D eigenvalue weighted by molar-refractivity contribution is 6.31. The van der Waals surface area contributed by atoms with Crippen molar-refractivity contribution in [1.29, 1.82) is 0 Å². The summed E-state index contributed by atoms with van der Waals surface area (Å²) in [5.74, 6) is -0.330. The quantitative estimate of drug-likeness (QED) is 0.637. The zero-order chi connectivity index (χ0) is 18.7. The molecule has 0 amide bonds. The summed E-state index contributed by atoms with van der Waals surface area (Å²) in [5, 5.41) is 1.36. The van der Waals surface area contributed by atoms with Crippen LogP contribution in [0.4, 0.5) is 0 Å². The number of benzene rings is 2. The molecule has 0 radical (unpaired) electrons. The van der Waals surface area contributed by atoms with E-state index in [1.807, 2.05) is 30.3 Å². The van der Waals surface area contributed by atoms with Gasteiger partial charge in [0.2, 0.25) is 0 Å². The summed E-state index contributed by atoms with van der Waals surface area (Å²) in [6.45, 7) is 2.14. The average Bonchev–Trinajstić information content (AvgIpc) is 2.64. The number of esters is 1. The number of ether oxygens (including phenoxy) is 2. The summed E-state index contributed by atoms with van der Waals surface area (Å²) < 4.78 is 12.4. The third-order valence-electron chi connectivity index (χ3n) is 4.01. The average molecular weight is 372 g/mol. The highest BCUT2D eigenvalue weighted by atomic mass is 35.5. The van der Waals surface area contributed by atoms with Crippen LogP contribution in [0.2, 0.25) is 5.02 Å². The zero-order valence-corrected chi connectivity index (χ0v) is 15.2. The highest BCUT2D eigenvalue weighted by Crippen LogP contribution is 2.31. The molecule has 0 aliphatic carbocycles. The summed E-state index contributed by atoms with van der Waals surface area (Å²) in [7, 11) is 1.53. The Hall–Kier alpha value is -2.79. The Morgan fingerprint density at radius 1 is 1.12 bits per heavy atom. The first-order valence-electron chi connectivity index (χ1n) is 8.19. The van der Waals surface area contributed by atoms with Crippen molar-refractivity contribution in [2.24, 2.45) is 7.05 Å². The maximum absolute atomic E-state index is 12.7. The molecule has 5 nitrogen and oxygen atoms in total. The number of hydrogen-bond donors (Lipinski definition) is 0. The van der Waals surface area contributed by atoms with E-state index in [4.69, 9.17) is 21.1 Å². The van der Waals surface area contributed by atoms with Crippen LogP contribution in [0.15, 0.2) is 53.3 Å². The predicted octanol–water partition coefficient (Wildman–Crippen LogP) is 3.95. The number of carbonyl (C=O) groups is 1. The number of aromatic nitrogens is 1. The minimum Gasteiger partial charge on any atom is -0.486 e. The molecule has 2 aromatic carbocycles. The number of rotatable bonds is 5. The molecule has 0 fully saturated rings. The van der Waals surface area contributed by atoms with Crippen LogP contribution in [-0.2, 0) is 18.4 Å². The van der Waals surface area contributed by atoms with Crippen molar-refractivity contribution in [1.82, 2.24) is 4.57 Å². The summed E-state index contributed by atoms with van der Waals surface area (Å²) >= 11 is 6.11. The van der Waals surface area contributed by atoms with E-state index in [0.29, 0.717) is 15.8 Å². The van der Waals surface area contributed by atoms with Gasteiger partial charge in [-0.15, -0.1) is 0 Å². The molecule has 3 aromatic rings. The fourth-order valence-electron chi connectivity index (χ4n) is 2.76. The zero-order valence-electron chi connectivity index (χ0n) is 14.5. The molecule has 0 spiro atoms. The maximum Gasteiger partial charge on any atom is 0.358 e. The SMILES string of the molecule is CCOC(=O)c1c(OCc2ccccc2)c2cc(Cl)ccc2c(=O)n1C. The number of carbonyl (C=O) groups excluding carboxylic acids is 1. The van der Waals surface area contributed by atoms with E-state index in [0.717, 1.165) is 5.56 Å². The third kappa shape index (κ3) is 3.44. The normalized spacial score (nSPS) is 10.7. The molecule has 26 heavy (non-hydrogen) atoms. The molecule has 0 aliphatic rings. The van der Waals surface area contributed by atoms with E-state index in [2.05, 4.69) is 0 Å². The Balaban J connectivity index is 2.20. The third-order valence-corrected chi connectivity index (χ3v) is 4.24. The molecule has 0 unspecified atom stereocenters. The number of hydrogen-bond acceptors (Lipinski definition) is 4. The first kappa shape index (κ1) is 18.0. The van der Waals surface area contributed by atoms with Crippen LogP contribution in [0.3, 0.4) is 0 Å². The molecule has 1 heterocycles. The number of nitrogens with zero attached hydrogens (tertiary/aromatic N) is 1. The molecule has 0 atom stereocenters. The topological polar surface area (TPSA) is 57.5 Å². The van der Waals surface area contributed by atoms with Crippen molar-refractivity contribution in [3.8, 4) is 5.75 Å². The lowest BCUT2D eigenvalue weighted by atomic mass is 10.1. The minimum atomic E-state index is -0.614. The van der Waals surface area contributed by atoms with Gasteiger partial charge in [0.1, 0.15) is 6.61 Å². The molecule has 0 bridgehead atoms. The van der Waals surface area contributed by atoms with Gasteiger partial charge in [0.15, 0.2) is 11.4 Å². The molecule has 3 rings (SSSR count). The van der Waals surface area contributed by atoms with Crippen LogP contribution in [0, 0.1) is 0 Å². The molecular weight excluding hydrogens is 354 g/mol. The number of halogens is 1. The number of fused-ring (bicyclic) bond motifs is 1. The molecule has 6 heteroatoms. The van der Waals surface area contributed by atoms with Gasteiger partial charge in [0.05, 0.1) is 12.0 Å². The van der Waals surface area contributed by atoms with Crippen LogP contribution >= 0.6 is 11.6 Å². The largest absolute Gasteiger partial charge is 0.486 e. The fraction of sp³-hybridized carbons (Fsp3) is 0.200. The van der Waals surface area contributed by atoms with E-state index in [1.54, 1.807) is 25.1 Å². The van der Waals surface area contributed by atoms with E-state index >= 15 is 0 Å². The smallest absolute Gasteiger partial charge is 0.358 e.